The van der Waals surface area contributed by atoms with Crippen LogP contribution in [-0.4, -0.2) is 10.9 Å². The maximum atomic E-state index is 11.4. The van der Waals surface area contributed by atoms with Crippen molar-refractivity contribution in [1.29, 1.82) is 0 Å². The minimum absolute atomic E-state index is 0.0205. The molecule has 1 aromatic rings. The highest BCUT2D eigenvalue weighted by molar-refractivity contribution is 7.09. The number of carbonyl (C=O) groups is 1. The maximum absolute atomic E-state index is 11.4. The Morgan fingerprint density at radius 1 is 1.50 bits per heavy atom. The van der Waals surface area contributed by atoms with Gasteiger partial charge in [-0.15, -0.1) is 11.3 Å². The van der Waals surface area contributed by atoms with E-state index in [1.165, 1.54) is 5.69 Å². The zero-order valence-corrected chi connectivity index (χ0v) is 10.2. The molecule has 0 spiro atoms. The fourth-order valence-electron chi connectivity index (χ4n) is 2.34. The molecule has 0 bridgehead atoms. The van der Waals surface area contributed by atoms with Gasteiger partial charge in [-0.2, -0.15) is 0 Å². The number of hydrazine groups is 1. The lowest BCUT2D eigenvalue weighted by atomic mass is 9.80. The van der Waals surface area contributed by atoms with Crippen LogP contribution >= 0.6 is 11.3 Å². The molecule has 3 N–H and O–H groups in total. The van der Waals surface area contributed by atoms with Crippen LogP contribution in [0.2, 0.25) is 0 Å². The molecule has 0 radical (unpaired) electrons. The second kappa shape index (κ2) is 4.93. The van der Waals surface area contributed by atoms with E-state index < -0.39 is 0 Å². The molecule has 1 amide bonds. The number of aromatic nitrogens is 1. The van der Waals surface area contributed by atoms with Crippen molar-refractivity contribution in [2.45, 2.75) is 38.5 Å². The Hall–Kier alpha value is -0.940. The second-order valence-corrected chi connectivity index (χ2v) is 5.41. The van der Waals surface area contributed by atoms with Gasteiger partial charge in [-0.3, -0.25) is 10.2 Å². The van der Waals surface area contributed by atoms with Gasteiger partial charge in [0.2, 0.25) is 5.91 Å². The summed E-state index contributed by atoms with van der Waals surface area (Å²) in [5, 5.41) is 3.26. The fourth-order valence-corrected chi connectivity index (χ4v) is 3.03. The van der Waals surface area contributed by atoms with E-state index in [2.05, 4.69) is 15.8 Å². The normalized spacial score (nSPS) is 25.4. The number of nitrogens with zero attached hydrogens (tertiary/aromatic N) is 1. The molecule has 1 saturated carbocycles. The van der Waals surface area contributed by atoms with Crippen molar-refractivity contribution in [3.8, 4) is 0 Å². The number of aryl methyl sites for hydroxylation is 1. The average Bonchev–Trinajstić information content (AvgIpc) is 2.75. The first-order chi connectivity index (χ1) is 7.70. The minimum Gasteiger partial charge on any atom is -0.294 e. The first-order valence-electron chi connectivity index (χ1n) is 5.63. The minimum atomic E-state index is -0.0205. The van der Waals surface area contributed by atoms with E-state index in [0.29, 0.717) is 5.92 Å². The van der Waals surface area contributed by atoms with Crippen molar-refractivity contribution < 1.29 is 4.79 Å². The summed E-state index contributed by atoms with van der Waals surface area (Å²) in [6, 6.07) is 0. The molecule has 0 unspecified atom stereocenters. The highest BCUT2D eigenvalue weighted by Crippen LogP contribution is 2.35. The lowest BCUT2D eigenvalue weighted by Gasteiger charge is -2.26. The first-order valence-corrected chi connectivity index (χ1v) is 6.51. The zero-order valence-electron chi connectivity index (χ0n) is 9.40. The third-order valence-electron chi connectivity index (χ3n) is 3.30. The molecule has 0 atom stereocenters. The maximum Gasteiger partial charge on any atom is 0.236 e. The predicted octanol–water partition coefficient (Wildman–Crippen LogP) is 1.72. The van der Waals surface area contributed by atoms with Gasteiger partial charge < -0.3 is 0 Å². The monoisotopic (exact) mass is 239 g/mol. The van der Waals surface area contributed by atoms with E-state index in [1.54, 1.807) is 11.3 Å². The van der Waals surface area contributed by atoms with Gasteiger partial charge in [0.1, 0.15) is 0 Å². The number of nitrogens with two attached hydrogens (primary N) is 1. The molecule has 1 aromatic heterocycles. The summed E-state index contributed by atoms with van der Waals surface area (Å²) in [7, 11) is 0. The van der Waals surface area contributed by atoms with Gasteiger partial charge in [0.05, 0.1) is 10.7 Å². The van der Waals surface area contributed by atoms with Crippen LogP contribution in [0.5, 0.6) is 0 Å². The van der Waals surface area contributed by atoms with Crippen LogP contribution in [0.1, 0.15) is 42.3 Å². The van der Waals surface area contributed by atoms with E-state index in [0.717, 1.165) is 30.7 Å². The number of carbonyl (C=O) groups excluding carboxylic acids is 1. The van der Waals surface area contributed by atoms with Gasteiger partial charge in [0, 0.05) is 17.2 Å². The lowest BCUT2D eigenvalue weighted by Crippen LogP contribution is -2.37. The van der Waals surface area contributed by atoms with Crippen molar-refractivity contribution >= 4 is 17.2 Å². The van der Waals surface area contributed by atoms with Gasteiger partial charge in [-0.25, -0.2) is 10.8 Å². The Morgan fingerprint density at radius 2 is 2.19 bits per heavy atom. The first kappa shape index (κ1) is 11.5. The molecule has 1 aliphatic carbocycles. The van der Waals surface area contributed by atoms with E-state index >= 15 is 0 Å². The molecule has 4 nitrogen and oxygen atoms in total. The van der Waals surface area contributed by atoms with Gasteiger partial charge >= 0.3 is 0 Å². The van der Waals surface area contributed by atoms with Crippen molar-refractivity contribution in [2.75, 3.05) is 0 Å². The predicted molar refractivity (Wildman–Crippen MR) is 63.9 cm³/mol. The van der Waals surface area contributed by atoms with Crippen molar-refractivity contribution in [3.05, 3.63) is 16.1 Å². The number of thiazole rings is 1. The summed E-state index contributed by atoms with van der Waals surface area (Å²) in [6.07, 6.45) is 3.93. The molecule has 5 heteroatoms. The fraction of sp³-hybridized carbons (Fsp3) is 0.636. The third-order valence-corrected chi connectivity index (χ3v) is 4.09. The molecule has 0 saturated heterocycles. The van der Waals surface area contributed by atoms with Gasteiger partial charge in [0.25, 0.3) is 0 Å². The molecule has 1 heterocycles. The highest BCUT2D eigenvalue weighted by atomic mass is 32.1. The topological polar surface area (TPSA) is 68.0 Å². The Balaban J connectivity index is 1.92. The molecule has 0 aliphatic heterocycles. The van der Waals surface area contributed by atoms with Crippen LogP contribution in [0.4, 0.5) is 0 Å². The summed E-state index contributed by atoms with van der Waals surface area (Å²) >= 11 is 1.70. The average molecular weight is 239 g/mol. The summed E-state index contributed by atoms with van der Waals surface area (Å²) in [6.45, 7) is 2.03. The van der Waals surface area contributed by atoms with Crippen LogP contribution in [0, 0.1) is 12.8 Å². The largest absolute Gasteiger partial charge is 0.294 e. The van der Waals surface area contributed by atoms with Crippen molar-refractivity contribution in [1.82, 2.24) is 10.4 Å². The Kier molecular flexibility index (Phi) is 3.56. The summed E-state index contributed by atoms with van der Waals surface area (Å²) in [4.78, 5) is 15.9. The quantitative estimate of drug-likeness (QED) is 0.469. The summed E-state index contributed by atoms with van der Waals surface area (Å²) < 4.78 is 0. The van der Waals surface area contributed by atoms with Gasteiger partial charge in [0.15, 0.2) is 0 Å². The Bertz CT molecular complexity index is 369. The number of hydrogen-bond donors (Lipinski definition) is 2. The molecular weight excluding hydrogens is 222 g/mol. The van der Waals surface area contributed by atoms with Crippen LogP contribution < -0.4 is 11.3 Å². The molecule has 1 aliphatic rings. The lowest BCUT2D eigenvalue weighted by molar-refractivity contribution is -0.126. The van der Waals surface area contributed by atoms with Crippen LogP contribution in [-0.2, 0) is 4.79 Å². The SMILES string of the molecule is Cc1nc(C2CCC(C(=O)NN)CC2)cs1. The highest BCUT2D eigenvalue weighted by Gasteiger charge is 2.27. The zero-order chi connectivity index (χ0) is 11.5. The summed E-state index contributed by atoms with van der Waals surface area (Å²) in [5.41, 5.74) is 3.44. The standard InChI is InChI=1S/C11H17N3OS/c1-7-13-10(6-16-7)8-2-4-9(5-3-8)11(15)14-12/h6,8-9H,2-5,12H2,1H3,(H,14,15). The second-order valence-electron chi connectivity index (χ2n) is 4.35. The molecule has 1 fully saturated rings. The van der Waals surface area contributed by atoms with Crippen LogP contribution in [0.3, 0.4) is 0 Å². The molecule has 16 heavy (non-hydrogen) atoms. The number of nitrogens with one attached hydrogen (secondary N) is 1. The van der Waals surface area contributed by atoms with Crippen molar-refractivity contribution in [3.63, 3.8) is 0 Å². The van der Waals surface area contributed by atoms with E-state index in [9.17, 15) is 4.79 Å². The van der Waals surface area contributed by atoms with Crippen LogP contribution in [0.15, 0.2) is 5.38 Å². The van der Waals surface area contributed by atoms with E-state index in [-0.39, 0.29) is 11.8 Å². The van der Waals surface area contributed by atoms with Crippen molar-refractivity contribution in [2.24, 2.45) is 11.8 Å². The van der Waals surface area contributed by atoms with Gasteiger partial charge in [-0.05, 0) is 32.6 Å². The smallest absolute Gasteiger partial charge is 0.236 e. The molecular formula is C11H17N3OS. The van der Waals surface area contributed by atoms with E-state index in [4.69, 9.17) is 5.84 Å². The third kappa shape index (κ3) is 2.41. The molecule has 0 aromatic carbocycles. The molecule has 2 rings (SSSR count). The number of rotatable bonds is 2. The van der Waals surface area contributed by atoms with Crippen LogP contribution in [0.25, 0.3) is 0 Å². The van der Waals surface area contributed by atoms with Gasteiger partial charge in [-0.1, -0.05) is 0 Å². The Labute approximate surface area is 99.2 Å². The Morgan fingerprint density at radius 3 is 2.69 bits per heavy atom. The summed E-state index contributed by atoms with van der Waals surface area (Å²) in [5.74, 6) is 5.75. The molecule has 88 valence electrons. The number of amides is 1. The number of hydrogen-bond acceptors (Lipinski definition) is 4. The van der Waals surface area contributed by atoms with E-state index in [1.807, 2.05) is 6.92 Å².